The van der Waals surface area contributed by atoms with Crippen LogP contribution >= 0.6 is 0 Å². The number of carbonyl (C=O) groups excluding carboxylic acids is 1. The van der Waals surface area contributed by atoms with Gasteiger partial charge in [-0.3, -0.25) is 4.79 Å². The van der Waals surface area contributed by atoms with Crippen LogP contribution in [0.2, 0.25) is 0 Å². The van der Waals surface area contributed by atoms with E-state index in [1.807, 2.05) is 43.3 Å². The third-order valence-corrected chi connectivity index (χ3v) is 5.20. The van der Waals surface area contributed by atoms with Gasteiger partial charge in [0, 0.05) is 24.1 Å². The minimum absolute atomic E-state index is 0.196. The van der Waals surface area contributed by atoms with Crippen LogP contribution in [0.4, 0.5) is 0 Å². The second-order valence-electron chi connectivity index (χ2n) is 7.09. The lowest BCUT2D eigenvalue weighted by atomic mass is 10.0. The van der Waals surface area contributed by atoms with E-state index in [-0.39, 0.29) is 18.2 Å². The van der Waals surface area contributed by atoms with Gasteiger partial charge >= 0.3 is 0 Å². The number of rotatable bonds is 9. The van der Waals surface area contributed by atoms with Crippen molar-refractivity contribution in [1.29, 1.82) is 0 Å². The van der Waals surface area contributed by atoms with E-state index in [1.165, 1.54) is 12.7 Å². The van der Waals surface area contributed by atoms with Crippen molar-refractivity contribution in [2.24, 2.45) is 16.2 Å². The van der Waals surface area contributed by atoms with E-state index in [0.29, 0.717) is 17.4 Å². The molecule has 7 heteroatoms. The van der Waals surface area contributed by atoms with E-state index in [0.717, 1.165) is 23.4 Å². The monoisotopic (exact) mass is 409 g/mol. The zero-order chi connectivity index (χ0) is 21.5. The molecule has 1 fully saturated rings. The van der Waals surface area contributed by atoms with Gasteiger partial charge in [-0.05, 0) is 37.0 Å². The number of oxime groups is 2. The van der Waals surface area contributed by atoms with Crippen molar-refractivity contribution in [2.75, 3.05) is 21.3 Å². The number of hydrogen-bond acceptors (Lipinski definition) is 6. The molecule has 0 bridgehead atoms. The average Bonchev–Trinajstić information content (AvgIpc) is 3.58. The van der Waals surface area contributed by atoms with Gasteiger partial charge in [-0.1, -0.05) is 46.7 Å². The van der Waals surface area contributed by atoms with Crippen molar-refractivity contribution < 1.29 is 19.2 Å². The molecule has 2 aromatic carbocycles. The van der Waals surface area contributed by atoms with Crippen LogP contribution in [0.5, 0.6) is 5.75 Å². The third kappa shape index (κ3) is 4.97. The van der Waals surface area contributed by atoms with Gasteiger partial charge in [0.25, 0.3) is 5.91 Å². The predicted octanol–water partition coefficient (Wildman–Crippen LogP) is 3.49. The highest BCUT2D eigenvalue weighted by Crippen LogP contribution is 2.48. The van der Waals surface area contributed by atoms with Crippen LogP contribution in [-0.4, -0.2) is 38.6 Å². The molecule has 1 N–H and O–H groups in total. The summed E-state index contributed by atoms with van der Waals surface area (Å²) in [6.45, 7) is 2.22. The number of likely N-dealkylation sites (N-methyl/N-ethyl adjacent to an activating group) is 1. The first-order valence-electron chi connectivity index (χ1n) is 9.81. The molecule has 0 aromatic heterocycles. The Morgan fingerprint density at radius 3 is 2.50 bits per heavy atom. The number of methoxy groups -OCH3 is 1. The van der Waals surface area contributed by atoms with Crippen molar-refractivity contribution in [2.45, 2.75) is 25.9 Å². The Labute approximate surface area is 176 Å². The minimum atomic E-state index is -0.329. The maximum absolute atomic E-state index is 12.1. The molecule has 0 radical (unpaired) electrons. The molecule has 0 heterocycles. The first kappa shape index (κ1) is 21.4. The van der Waals surface area contributed by atoms with Crippen LogP contribution in [0.1, 0.15) is 36.0 Å². The Balaban J connectivity index is 1.64. The summed E-state index contributed by atoms with van der Waals surface area (Å²) in [4.78, 5) is 22.6. The molecule has 2 atom stereocenters. The van der Waals surface area contributed by atoms with Gasteiger partial charge in [0.2, 0.25) is 0 Å². The molecule has 2 aromatic rings. The van der Waals surface area contributed by atoms with E-state index >= 15 is 0 Å². The molecule has 0 saturated heterocycles. The Kier molecular flexibility index (Phi) is 7.06. The van der Waals surface area contributed by atoms with Gasteiger partial charge in [0.15, 0.2) is 5.71 Å². The molecule has 7 nitrogen and oxygen atoms in total. The van der Waals surface area contributed by atoms with Crippen LogP contribution < -0.4 is 10.1 Å². The van der Waals surface area contributed by atoms with Crippen LogP contribution in [-0.2, 0) is 21.1 Å². The Hall–Kier alpha value is -3.35. The lowest BCUT2D eigenvalue weighted by Gasteiger charge is -2.10. The average molecular weight is 409 g/mol. The largest absolute Gasteiger partial charge is 0.497 e. The maximum Gasteiger partial charge on any atom is 0.273 e. The summed E-state index contributed by atoms with van der Waals surface area (Å²) in [6, 6.07) is 15.6. The molecule has 30 heavy (non-hydrogen) atoms. The van der Waals surface area contributed by atoms with Gasteiger partial charge in [0.05, 0.1) is 12.8 Å². The van der Waals surface area contributed by atoms with E-state index in [2.05, 4.69) is 27.8 Å². The second kappa shape index (κ2) is 9.91. The highest BCUT2D eigenvalue weighted by molar-refractivity contribution is 6.45. The number of hydrogen-bond donors (Lipinski definition) is 1. The zero-order valence-corrected chi connectivity index (χ0v) is 17.7. The smallest absolute Gasteiger partial charge is 0.273 e. The van der Waals surface area contributed by atoms with Crippen molar-refractivity contribution in [3.8, 4) is 5.75 Å². The van der Waals surface area contributed by atoms with Crippen LogP contribution in [0.25, 0.3) is 0 Å². The first-order valence-corrected chi connectivity index (χ1v) is 9.81. The highest BCUT2D eigenvalue weighted by Gasteiger charge is 2.40. The summed E-state index contributed by atoms with van der Waals surface area (Å²) in [7, 11) is 4.62. The lowest BCUT2D eigenvalue weighted by Crippen LogP contribution is -2.29. The molecular weight excluding hydrogens is 382 g/mol. The maximum atomic E-state index is 12.1. The predicted molar refractivity (Wildman–Crippen MR) is 116 cm³/mol. The Bertz CT molecular complexity index is 938. The number of amides is 1. The highest BCUT2D eigenvalue weighted by atomic mass is 16.6. The fraction of sp³-hybridized carbons (Fsp3) is 0.348. The molecule has 1 aliphatic rings. The van der Waals surface area contributed by atoms with Gasteiger partial charge in [-0.15, -0.1) is 0 Å². The fourth-order valence-corrected chi connectivity index (χ4v) is 3.45. The number of ether oxygens (including phenoxy) is 1. The second-order valence-corrected chi connectivity index (χ2v) is 7.09. The lowest BCUT2D eigenvalue weighted by molar-refractivity contribution is -0.114. The van der Waals surface area contributed by atoms with Crippen molar-refractivity contribution in [1.82, 2.24) is 5.32 Å². The molecule has 158 valence electrons. The van der Waals surface area contributed by atoms with Crippen LogP contribution in [0, 0.1) is 5.92 Å². The topological polar surface area (TPSA) is 81.5 Å². The third-order valence-electron chi connectivity index (χ3n) is 5.20. The SMILES string of the molecule is CNC(=O)/C(=N\OC)c1ccccc1CO/N=C(\C)C1CC1c1ccc(OC)cc1. The molecule has 0 aliphatic heterocycles. The number of carbonyl (C=O) groups is 1. The van der Waals surface area contributed by atoms with Gasteiger partial charge in [0.1, 0.15) is 19.5 Å². The molecule has 1 saturated carbocycles. The van der Waals surface area contributed by atoms with E-state index in [1.54, 1.807) is 14.2 Å². The van der Waals surface area contributed by atoms with Crippen molar-refractivity contribution >= 4 is 17.3 Å². The normalized spacial score (nSPS) is 18.5. The summed E-state index contributed by atoms with van der Waals surface area (Å²) in [6.07, 6.45) is 1.06. The summed E-state index contributed by atoms with van der Waals surface area (Å²) in [5.74, 6) is 1.37. The summed E-state index contributed by atoms with van der Waals surface area (Å²) >= 11 is 0. The van der Waals surface area contributed by atoms with Crippen molar-refractivity contribution in [3.63, 3.8) is 0 Å². The molecule has 0 spiro atoms. The molecule has 1 aliphatic carbocycles. The first-order chi connectivity index (χ1) is 14.6. The molecule has 3 rings (SSSR count). The molecule has 1 amide bonds. The quantitative estimate of drug-likeness (QED) is 0.508. The van der Waals surface area contributed by atoms with E-state index in [9.17, 15) is 4.79 Å². The standard InChI is InChI=1S/C23H27N3O4/c1-15(20-13-21(20)16-9-11-18(28-3)12-10-16)25-30-14-17-7-5-6-8-19(17)22(26-29-4)23(27)24-2/h5-12,20-21H,13-14H2,1-4H3,(H,24,27)/b25-15+,26-22-. The number of nitrogens with one attached hydrogen (secondary N) is 1. The molecule has 2 unspecified atom stereocenters. The Morgan fingerprint density at radius 2 is 1.83 bits per heavy atom. The van der Waals surface area contributed by atoms with Crippen LogP contribution in [0.15, 0.2) is 58.8 Å². The van der Waals surface area contributed by atoms with Crippen LogP contribution in [0.3, 0.4) is 0 Å². The van der Waals surface area contributed by atoms with Gasteiger partial charge in [-0.2, -0.15) is 0 Å². The number of benzene rings is 2. The summed E-state index contributed by atoms with van der Waals surface area (Å²) in [5.41, 5.74) is 3.89. The van der Waals surface area contributed by atoms with E-state index < -0.39 is 0 Å². The van der Waals surface area contributed by atoms with E-state index in [4.69, 9.17) is 14.4 Å². The Morgan fingerprint density at radius 1 is 1.10 bits per heavy atom. The van der Waals surface area contributed by atoms with Gasteiger partial charge < -0.3 is 19.7 Å². The summed E-state index contributed by atoms with van der Waals surface area (Å²) < 4.78 is 5.22. The van der Waals surface area contributed by atoms with Gasteiger partial charge in [-0.25, -0.2) is 0 Å². The molecular formula is C23H27N3O4. The minimum Gasteiger partial charge on any atom is -0.497 e. The fourth-order valence-electron chi connectivity index (χ4n) is 3.45. The number of nitrogens with zero attached hydrogens (tertiary/aromatic N) is 2. The zero-order valence-electron chi connectivity index (χ0n) is 17.7. The van der Waals surface area contributed by atoms with Crippen molar-refractivity contribution in [3.05, 3.63) is 65.2 Å². The summed E-state index contributed by atoms with van der Waals surface area (Å²) in [5, 5.41) is 10.8.